The Hall–Kier alpha value is -1.55. The van der Waals surface area contributed by atoms with Crippen LogP contribution in [0.5, 0.6) is 0 Å². The Kier molecular flexibility index (Phi) is 5.21. The minimum absolute atomic E-state index is 0.0508. The Morgan fingerprint density at radius 1 is 1.21 bits per heavy atom. The van der Waals surface area contributed by atoms with Crippen molar-refractivity contribution in [2.24, 2.45) is 0 Å². The molecule has 104 valence electrons. The highest BCUT2D eigenvalue weighted by Crippen LogP contribution is 2.17. The average Bonchev–Trinajstić information content (AvgIpc) is 2.43. The lowest BCUT2D eigenvalue weighted by molar-refractivity contribution is -0.116. The van der Waals surface area contributed by atoms with E-state index in [0.717, 1.165) is 13.0 Å². The molecule has 1 fully saturated rings. The molecule has 0 spiro atoms. The quantitative estimate of drug-likeness (QED) is 0.801. The van der Waals surface area contributed by atoms with Crippen LogP contribution in [-0.4, -0.2) is 30.4 Å². The molecular weight excluding hydrogens is 238 g/mol. The number of rotatable bonds is 5. The normalized spacial score (nSPS) is 16.2. The molecule has 1 aromatic rings. The van der Waals surface area contributed by atoms with Gasteiger partial charge in [-0.2, -0.15) is 0 Å². The third-order valence-electron chi connectivity index (χ3n) is 3.56. The van der Waals surface area contributed by atoms with Crippen molar-refractivity contribution in [3.8, 4) is 0 Å². The lowest BCUT2D eigenvalue weighted by Gasteiger charge is -2.26. The lowest BCUT2D eigenvalue weighted by Crippen LogP contribution is -2.31. The van der Waals surface area contributed by atoms with Gasteiger partial charge in [0.15, 0.2) is 0 Å². The highest BCUT2D eigenvalue weighted by atomic mass is 16.1. The first-order chi connectivity index (χ1) is 9.25. The number of nitrogens with one attached hydrogen (secondary N) is 1. The van der Waals surface area contributed by atoms with Gasteiger partial charge in [-0.1, -0.05) is 18.6 Å². The fraction of sp³-hybridized carbons (Fsp3) is 0.533. The second-order valence-electron chi connectivity index (χ2n) is 5.14. The monoisotopic (exact) mass is 261 g/mol. The number of hydrogen-bond acceptors (Lipinski definition) is 3. The molecule has 1 amide bonds. The van der Waals surface area contributed by atoms with Crippen LogP contribution in [0.2, 0.25) is 0 Å². The van der Waals surface area contributed by atoms with E-state index in [9.17, 15) is 4.79 Å². The van der Waals surface area contributed by atoms with Crippen molar-refractivity contribution < 1.29 is 4.79 Å². The number of piperidine rings is 1. The van der Waals surface area contributed by atoms with E-state index in [1.54, 1.807) is 6.07 Å². The van der Waals surface area contributed by atoms with Crippen molar-refractivity contribution in [2.75, 3.05) is 30.7 Å². The smallest absolute Gasteiger partial charge is 0.224 e. The van der Waals surface area contributed by atoms with Gasteiger partial charge in [-0.05, 0) is 51.0 Å². The molecule has 0 aromatic heterocycles. The van der Waals surface area contributed by atoms with E-state index in [-0.39, 0.29) is 5.91 Å². The number of likely N-dealkylation sites (tertiary alicyclic amines) is 1. The molecular formula is C15H23N3O. The van der Waals surface area contributed by atoms with Gasteiger partial charge >= 0.3 is 0 Å². The van der Waals surface area contributed by atoms with E-state index in [2.05, 4.69) is 10.2 Å². The summed E-state index contributed by atoms with van der Waals surface area (Å²) >= 11 is 0. The van der Waals surface area contributed by atoms with Gasteiger partial charge < -0.3 is 16.0 Å². The lowest BCUT2D eigenvalue weighted by atomic mass is 10.1. The molecule has 1 heterocycles. The third kappa shape index (κ3) is 4.56. The Balaban J connectivity index is 1.68. The van der Waals surface area contributed by atoms with Crippen LogP contribution in [0.15, 0.2) is 24.3 Å². The number of benzene rings is 1. The molecule has 0 atom stereocenters. The fourth-order valence-corrected chi connectivity index (χ4v) is 2.47. The molecule has 0 aliphatic carbocycles. The van der Waals surface area contributed by atoms with Gasteiger partial charge in [-0.15, -0.1) is 0 Å². The summed E-state index contributed by atoms with van der Waals surface area (Å²) in [6.07, 6.45) is 5.42. The van der Waals surface area contributed by atoms with Crippen LogP contribution in [-0.2, 0) is 4.79 Å². The molecule has 2 rings (SSSR count). The number of hydrogen-bond donors (Lipinski definition) is 2. The zero-order valence-electron chi connectivity index (χ0n) is 11.4. The number of carbonyl (C=O) groups excluding carboxylic acids is 1. The van der Waals surface area contributed by atoms with Crippen molar-refractivity contribution in [2.45, 2.75) is 32.1 Å². The van der Waals surface area contributed by atoms with Crippen molar-refractivity contribution in [3.05, 3.63) is 24.3 Å². The van der Waals surface area contributed by atoms with E-state index in [0.29, 0.717) is 17.8 Å². The van der Waals surface area contributed by atoms with Gasteiger partial charge in [-0.25, -0.2) is 0 Å². The molecule has 3 N–H and O–H groups in total. The van der Waals surface area contributed by atoms with Crippen molar-refractivity contribution in [1.29, 1.82) is 0 Å². The van der Waals surface area contributed by atoms with Gasteiger partial charge in [-0.3, -0.25) is 4.79 Å². The summed E-state index contributed by atoms with van der Waals surface area (Å²) < 4.78 is 0. The maximum Gasteiger partial charge on any atom is 0.224 e. The number of nitrogen functional groups attached to an aromatic ring is 1. The van der Waals surface area contributed by atoms with E-state index in [1.165, 1.54) is 32.4 Å². The summed E-state index contributed by atoms with van der Waals surface area (Å²) in [4.78, 5) is 14.3. The highest BCUT2D eigenvalue weighted by molar-refractivity contribution is 5.93. The number of anilines is 2. The maximum absolute atomic E-state index is 11.8. The molecule has 1 aliphatic heterocycles. The molecule has 4 nitrogen and oxygen atoms in total. The van der Waals surface area contributed by atoms with Crippen LogP contribution >= 0.6 is 0 Å². The van der Waals surface area contributed by atoms with Crippen LogP contribution < -0.4 is 11.1 Å². The first kappa shape index (κ1) is 13.9. The second kappa shape index (κ2) is 7.14. The first-order valence-electron chi connectivity index (χ1n) is 7.12. The summed E-state index contributed by atoms with van der Waals surface area (Å²) in [6.45, 7) is 3.40. The predicted octanol–water partition coefficient (Wildman–Crippen LogP) is 2.47. The average molecular weight is 261 g/mol. The first-order valence-corrected chi connectivity index (χ1v) is 7.12. The SMILES string of the molecule is Nc1ccccc1NC(=O)CCCN1CCCCC1. The molecule has 0 saturated carbocycles. The van der Waals surface area contributed by atoms with Crippen LogP contribution in [0.4, 0.5) is 11.4 Å². The predicted molar refractivity (Wildman–Crippen MR) is 79.0 cm³/mol. The van der Waals surface area contributed by atoms with E-state index < -0.39 is 0 Å². The van der Waals surface area contributed by atoms with Crippen LogP contribution in [0.1, 0.15) is 32.1 Å². The molecule has 0 radical (unpaired) electrons. The third-order valence-corrected chi connectivity index (χ3v) is 3.56. The second-order valence-corrected chi connectivity index (χ2v) is 5.14. The zero-order chi connectivity index (χ0) is 13.5. The van der Waals surface area contributed by atoms with Gasteiger partial charge in [0, 0.05) is 6.42 Å². The van der Waals surface area contributed by atoms with Crippen LogP contribution in [0.25, 0.3) is 0 Å². The molecule has 1 saturated heterocycles. The van der Waals surface area contributed by atoms with Gasteiger partial charge in [0.25, 0.3) is 0 Å². The number of amides is 1. The molecule has 4 heteroatoms. The number of nitrogens with zero attached hydrogens (tertiary/aromatic N) is 1. The van der Waals surface area contributed by atoms with Crippen LogP contribution in [0, 0.1) is 0 Å². The number of carbonyl (C=O) groups is 1. The summed E-state index contributed by atoms with van der Waals surface area (Å²) in [7, 11) is 0. The molecule has 19 heavy (non-hydrogen) atoms. The Morgan fingerprint density at radius 3 is 2.68 bits per heavy atom. The summed E-state index contributed by atoms with van der Waals surface area (Å²) in [6, 6.07) is 7.36. The number of nitrogens with two attached hydrogens (primary N) is 1. The summed E-state index contributed by atoms with van der Waals surface area (Å²) in [5.74, 6) is 0.0508. The minimum atomic E-state index is 0.0508. The highest BCUT2D eigenvalue weighted by Gasteiger charge is 2.10. The topological polar surface area (TPSA) is 58.4 Å². The zero-order valence-corrected chi connectivity index (χ0v) is 11.4. The maximum atomic E-state index is 11.8. The molecule has 1 aromatic carbocycles. The van der Waals surface area contributed by atoms with Gasteiger partial charge in [0.1, 0.15) is 0 Å². The standard InChI is InChI=1S/C15H23N3O/c16-13-7-2-3-8-14(13)17-15(19)9-6-12-18-10-4-1-5-11-18/h2-3,7-8H,1,4-6,9-12,16H2,(H,17,19). The van der Waals surface area contributed by atoms with Gasteiger partial charge in [0.2, 0.25) is 5.91 Å². The van der Waals surface area contributed by atoms with E-state index >= 15 is 0 Å². The molecule has 1 aliphatic rings. The Morgan fingerprint density at radius 2 is 1.95 bits per heavy atom. The Bertz CT molecular complexity index is 414. The van der Waals surface area contributed by atoms with E-state index in [4.69, 9.17) is 5.73 Å². The summed E-state index contributed by atoms with van der Waals surface area (Å²) in [5.41, 5.74) is 7.12. The van der Waals surface area contributed by atoms with E-state index in [1.807, 2.05) is 18.2 Å². The molecule has 0 bridgehead atoms. The van der Waals surface area contributed by atoms with Gasteiger partial charge in [0.05, 0.1) is 11.4 Å². The molecule has 0 unspecified atom stereocenters. The largest absolute Gasteiger partial charge is 0.397 e. The van der Waals surface area contributed by atoms with Crippen molar-refractivity contribution >= 4 is 17.3 Å². The van der Waals surface area contributed by atoms with Crippen molar-refractivity contribution in [1.82, 2.24) is 4.90 Å². The fourth-order valence-electron chi connectivity index (χ4n) is 2.47. The van der Waals surface area contributed by atoms with Crippen molar-refractivity contribution in [3.63, 3.8) is 0 Å². The van der Waals surface area contributed by atoms with Crippen LogP contribution in [0.3, 0.4) is 0 Å². The Labute approximate surface area is 115 Å². The number of para-hydroxylation sites is 2. The summed E-state index contributed by atoms with van der Waals surface area (Å²) in [5, 5.41) is 2.87. The minimum Gasteiger partial charge on any atom is -0.397 e.